The average Bonchev–Trinajstić information content (AvgIpc) is 3.20. The zero-order valence-corrected chi connectivity index (χ0v) is 14.6. The van der Waals surface area contributed by atoms with Gasteiger partial charge in [-0.05, 0) is 12.8 Å². The van der Waals surface area contributed by atoms with Crippen LogP contribution >= 0.6 is 11.3 Å². The van der Waals surface area contributed by atoms with Gasteiger partial charge in [-0.3, -0.25) is 14.8 Å². The van der Waals surface area contributed by atoms with Gasteiger partial charge in [0.2, 0.25) is 10.0 Å². The molecule has 3 heterocycles. The summed E-state index contributed by atoms with van der Waals surface area (Å²) in [6.45, 7) is 0.792. The van der Waals surface area contributed by atoms with Gasteiger partial charge in [0, 0.05) is 31.4 Å². The van der Waals surface area contributed by atoms with Crippen molar-refractivity contribution < 1.29 is 13.2 Å². The van der Waals surface area contributed by atoms with Crippen molar-refractivity contribution in [1.82, 2.24) is 24.3 Å². The molecule has 0 spiro atoms. The van der Waals surface area contributed by atoms with Crippen LogP contribution in [0, 0.1) is 0 Å². The molecule has 2 aromatic heterocycles. The summed E-state index contributed by atoms with van der Waals surface area (Å²) in [5.41, 5.74) is 1.07. The number of aromatic nitrogens is 4. The molecule has 4 rings (SSSR count). The number of nitrogens with one attached hydrogen (secondary N) is 1. The van der Waals surface area contributed by atoms with Crippen LogP contribution in [-0.2, 0) is 30.0 Å². The minimum atomic E-state index is -3.18. The van der Waals surface area contributed by atoms with E-state index in [0.29, 0.717) is 24.6 Å². The molecule has 0 unspecified atom stereocenters. The summed E-state index contributed by atoms with van der Waals surface area (Å²) in [5, 5.41) is 10.4. The lowest BCUT2D eigenvalue weighted by Crippen LogP contribution is -2.37. The fourth-order valence-corrected chi connectivity index (χ4v) is 5.54. The summed E-state index contributed by atoms with van der Waals surface area (Å²) in [7, 11) is -1.50. The van der Waals surface area contributed by atoms with Crippen molar-refractivity contribution in [2.45, 2.75) is 31.1 Å². The van der Waals surface area contributed by atoms with Gasteiger partial charge in [0.1, 0.15) is 0 Å². The highest BCUT2D eigenvalue weighted by Crippen LogP contribution is 2.35. The fourth-order valence-electron chi connectivity index (χ4n) is 2.63. The third-order valence-electron chi connectivity index (χ3n) is 4.06. The summed E-state index contributed by atoms with van der Waals surface area (Å²) in [6, 6.07) is 0. The third kappa shape index (κ3) is 2.82. The standard InChI is InChI=1S/C13H16N6O3S2/c1-18-6-10(16-17-18)12(20)15-13-14-9-4-5-19(7-11(9)23-13)24(21,22)8-2-3-8/h6,8H,2-5,7H2,1H3,(H,14,15,20). The first kappa shape index (κ1) is 15.7. The number of carbonyl (C=O) groups excluding carboxylic acids is 1. The van der Waals surface area contributed by atoms with E-state index in [1.807, 2.05) is 0 Å². The lowest BCUT2D eigenvalue weighted by atomic mass is 10.2. The van der Waals surface area contributed by atoms with Crippen LogP contribution in [0.3, 0.4) is 0 Å². The Bertz CT molecular complexity index is 899. The summed E-state index contributed by atoms with van der Waals surface area (Å²) in [5.74, 6) is -0.378. The zero-order valence-electron chi connectivity index (χ0n) is 13.0. The lowest BCUT2D eigenvalue weighted by Gasteiger charge is -2.25. The Morgan fingerprint density at radius 3 is 2.88 bits per heavy atom. The molecule has 0 bridgehead atoms. The quantitative estimate of drug-likeness (QED) is 0.835. The normalized spacial score (nSPS) is 18.4. The monoisotopic (exact) mass is 368 g/mol. The van der Waals surface area contributed by atoms with E-state index >= 15 is 0 Å². The van der Waals surface area contributed by atoms with E-state index in [1.165, 1.54) is 22.2 Å². The molecule has 1 saturated carbocycles. The molecule has 128 valence electrons. The molecule has 0 saturated heterocycles. The second-order valence-corrected chi connectivity index (χ2v) is 9.24. The SMILES string of the molecule is Cn1cc(C(=O)Nc2nc3c(s2)CN(S(=O)(=O)C2CC2)CC3)nn1. The van der Waals surface area contributed by atoms with Crippen LogP contribution in [0.4, 0.5) is 5.13 Å². The topological polar surface area (TPSA) is 110 Å². The Morgan fingerprint density at radius 1 is 1.42 bits per heavy atom. The van der Waals surface area contributed by atoms with Crippen LogP contribution in [0.15, 0.2) is 6.20 Å². The van der Waals surface area contributed by atoms with Gasteiger partial charge in [0.05, 0.1) is 17.1 Å². The maximum Gasteiger partial charge on any atom is 0.279 e. The molecule has 2 aliphatic rings. The average molecular weight is 368 g/mol. The minimum absolute atomic E-state index is 0.206. The highest BCUT2D eigenvalue weighted by Gasteiger charge is 2.41. The molecule has 11 heteroatoms. The first-order chi connectivity index (χ1) is 11.4. The molecule has 1 aliphatic carbocycles. The number of anilines is 1. The van der Waals surface area contributed by atoms with Gasteiger partial charge < -0.3 is 0 Å². The van der Waals surface area contributed by atoms with Crippen molar-refractivity contribution in [3.8, 4) is 0 Å². The molecule has 0 aromatic carbocycles. The van der Waals surface area contributed by atoms with Gasteiger partial charge in [-0.1, -0.05) is 5.21 Å². The van der Waals surface area contributed by atoms with Crippen LogP contribution in [0.1, 0.15) is 33.9 Å². The molecular weight excluding hydrogens is 352 g/mol. The van der Waals surface area contributed by atoms with E-state index in [2.05, 4.69) is 20.6 Å². The highest BCUT2D eigenvalue weighted by atomic mass is 32.2. The van der Waals surface area contributed by atoms with Gasteiger partial charge in [-0.2, -0.15) is 4.31 Å². The van der Waals surface area contributed by atoms with Gasteiger partial charge in [0.15, 0.2) is 10.8 Å². The maximum atomic E-state index is 12.4. The molecule has 1 amide bonds. The number of nitrogens with zero attached hydrogens (tertiary/aromatic N) is 5. The van der Waals surface area contributed by atoms with E-state index in [9.17, 15) is 13.2 Å². The Hall–Kier alpha value is -1.85. The molecule has 1 N–H and O–H groups in total. The predicted octanol–water partition coefficient (Wildman–Crippen LogP) is 0.374. The molecule has 1 fully saturated rings. The van der Waals surface area contributed by atoms with Crippen molar-refractivity contribution in [1.29, 1.82) is 0 Å². The molecule has 0 radical (unpaired) electrons. The van der Waals surface area contributed by atoms with Crippen LogP contribution < -0.4 is 5.32 Å². The van der Waals surface area contributed by atoms with Gasteiger partial charge in [0.25, 0.3) is 5.91 Å². The van der Waals surface area contributed by atoms with Crippen molar-refractivity contribution in [2.24, 2.45) is 7.05 Å². The number of carbonyl (C=O) groups is 1. The Kier molecular flexibility index (Phi) is 3.66. The molecule has 2 aromatic rings. The Balaban J connectivity index is 1.49. The smallest absolute Gasteiger partial charge is 0.279 e. The van der Waals surface area contributed by atoms with E-state index < -0.39 is 10.0 Å². The summed E-state index contributed by atoms with van der Waals surface area (Å²) in [6.07, 6.45) is 3.60. The maximum absolute atomic E-state index is 12.4. The third-order valence-corrected chi connectivity index (χ3v) is 7.40. The first-order valence-corrected chi connectivity index (χ1v) is 9.90. The molecule has 9 nitrogen and oxygen atoms in total. The molecule has 24 heavy (non-hydrogen) atoms. The predicted molar refractivity (Wildman–Crippen MR) is 87.1 cm³/mol. The molecule has 1 aliphatic heterocycles. The minimum Gasteiger partial charge on any atom is -0.296 e. The van der Waals surface area contributed by atoms with Gasteiger partial charge in [-0.25, -0.2) is 13.4 Å². The van der Waals surface area contributed by atoms with Crippen LogP contribution in [0.2, 0.25) is 0 Å². The lowest BCUT2D eigenvalue weighted by molar-refractivity contribution is 0.102. The Labute approximate surface area is 142 Å². The number of hydrogen-bond acceptors (Lipinski definition) is 7. The molecule has 0 atom stereocenters. The van der Waals surface area contributed by atoms with E-state index in [0.717, 1.165) is 23.4 Å². The Morgan fingerprint density at radius 2 is 2.21 bits per heavy atom. The van der Waals surface area contributed by atoms with Crippen molar-refractivity contribution in [3.05, 3.63) is 22.5 Å². The van der Waals surface area contributed by atoms with Crippen molar-refractivity contribution >= 4 is 32.4 Å². The fraction of sp³-hybridized carbons (Fsp3) is 0.538. The van der Waals surface area contributed by atoms with Crippen molar-refractivity contribution in [3.63, 3.8) is 0 Å². The van der Waals surface area contributed by atoms with E-state index in [1.54, 1.807) is 11.4 Å². The van der Waals surface area contributed by atoms with E-state index in [4.69, 9.17) is 0 Å². The number of thiazole rings is 1. The highest BCUT2D eigenvalue weighted by molar-refractivity contribution is 7.90. The second kappa shape index (κ2) is 5.60. The van der Waals surface area contributed by atoms with Gasteiger partial charge in [-0.15, -0.1) is 16.4 Å². The van der Waals surface area contributed by atoms with E-state index in [-0.39, 0.29) is 16.9 Å². The summed E-state index contributed by atoms with van der Waals surface area (Å²) in [4.78, 5) is 17.4. The largest absolute Gasteiger partial charge is 0.296 e. The number of hydrogen-bond donors (Lipinski definition) is 1. The molecular formula is C13H16N6O3S2. The number of amides is 1. The number of aryl methyl sites for hydroxylation is 1. The van der Waals surface area contributed by atoms with Crippen LogP contribution in [0.25, 0.3) is 0 Å². The summed E-state index contributed by atoms with van der Waals surface area (Å²) >= 11 is 1.31. The number of fused-ring (bicyclic) bond motifs is 1. The first-order valence-electron chi connectivity index (χ1n) is 7.58. The van der Waals surface area contributed by atoms with Gasteiger partial charge >= 0.3 is 0 Å². The van der Waals surface area contributed by atoms with Crippen molar-refractivity contribution in [2.75, 3.05) is 11.9 Å². The van der Waals surface area contributed by atoms with Crippen LogP contribution in [0.5, 0.6) is 0 Å². The second-order valence-electron chi connectivity index (χ2n) is 5.95. The van der Waals surface area contributed by atoms with Crippen LogP contribution in [-0.4, -0.2) is 50.4 Å². The number of sulfonamides is 1. The summed E-state index contributed by atoms with van der Waals surface area (Å²) < 4.78 is 27.7. The number of rotatable bonds is 4. The zero-order chi connectivity index (χ0) is 16.9.